The standard InChI is InChI=1S/C14H15FN2O2Si/c15-12-5-9(11-6-14(11,20)13(18)19)1-2-10(12)7-17-4-3-16-8-17/h1-5,8,11H,6-7H2,20H3,(H,18,19)/t11-,14-/m1/s1. The van der Waals surface area contributed by atoms with Gasteiger partial charge in [-0.3, -0.25) is 4.79 Å². The number of carboxylic acids is 1. The lowest BCUT2D eigenvalue weighted by molar-refractivity contribution is -0.137. The van der Waals surface area contributed by atoms with Gasteiger partial charge in [-0.05, 0) is 24.0 Å². The topological polar surface area (TPSA) is 55.1 Å². The number of aromatic nitrogens is 2. The lowest BCUT2D eigenvalue weighted by atomic mass is 10.1. The molecule has 0 bridgehead atoms. The number of imidazole rings is 1. The highest BCUT2D eigenvalue weighted by Crippen LogP contribution is 2.63. The van der Waals surface area contributed by atoms with Crippen LogP contribution in [0.1, 0.15) is 23.5 Å². The third-order valence-electron chi connectivity index (χ3n) is 4.12. The summed E-state index contributed by atoms with van der Waals surface area (Å²) in [7, 11) is 0.588. The monoisotopic (exact) mass is 290 g/mol. The summed E-state index contributed by atoms with van der Waals surface area (Å²) in [4.78, 5) is 15.1. The molecule has 1 fully saturated rings. The number of rotatable bonds is 4. The Balaban J connectivity index is 1.80. The molecule has 1 aromatic carbocycles. The third kappa shape index (κ3) is 2.16. The number of hydrogen-bond acceptors (Lipinski definition) is 2. The Morgan fingerprint density at radius 3 is 2.95 bits per heavy atom. The summed E-state index contributed by atoms with van der Waals surface area (Å²) in [6, 6.07) is 5.08. The molecule has 3 rings (SSSR count). The van der Waals surface area contributed by atoms with Crippen LogP contribution < -0.4 is 0 Å². The van der Waals surface area contributed by atoms with E-state index in [4.69, 9.17) is 0 Å². The van der Waals surface area contributed by atoms with Gasteiger partial charge in [-0.15, -0.1) is 0 Å². The Hall–Kier alpha value is -1.95. The predicted molar refractivity (Wildman–Crippen MR) is 75.4 cm³/mol. The van der Waals surface area contributed by atoms with Crippen LogP contribution in [0, 0.1) is 5.82 Å². The molecule has 0 spiro atoms. The Labute approximate surface area is 118 Å². The number of carboxylic acid groups (broad SMARTS) is 1. The van der Waals surface area contributed by atoms with Gasteiger partial charge in [-0.25, -0.2) is 9.37 Å². The van der Waals surface area contributed by atoms with Crippen molar-refractivity contribution in [2.75, 3.05) is 0 Å². The van der Waals surface area contributed by atoms with E-state index < -0.39 is 11.0 Å². The molecule has 1 heterocycles. The van der Waals surface area contributed by atoms with E-state index >= 15 is 0 Å². The fraction of sp³-hybridized carbons (Fsp3) is 0.286. The minimum Gasteiger partial charge on any atom is -0.481 e. The second-order valence-corrected chi connectivity index (χ2v) is 7.35. The average Bonchev–Trinajstić information content (AvgIpc) is 2.86. The molecule has 20 heavy (non-hydrogen) atoms. The van der Waals surface area contributed by atoms with E-state index in [0.717, 1.165) is 5.56 Å². The van der Waals surface area contributed by atoms with Crippen LogP contribution in [0.5, 0.6) is 0 Å². The van der Waals surface area contributed by atoms with Crippen LogP contribution in [-0.2, 0) is 11.3 Å². The first-order valence-electron chi connectivity index (χ1n) is 6.48. The fourth-order valence-corrected chi connectivity index (χ4v) is 3.31. The number of hydrogen-bond donors (Lipinski definition) is 1. The van der Waals surface area contributed by atoms with Gasteiger partial charge in [0, 0.05) is 28.2 Å². The summed E-state index contributed by atoms with van der Waals surface area (Å²) >= 11 is 0. The molecule has 0 saturated heterocycles. The van der Waals surface area contributed by atoms with Crippen molar-refractivity contribution in [3.63, 3.8) is 0 Å². The normalized spacial score (nSPS) is 24.8. The molecule has 0 aliphatic heterocycles. The van der Waals surface area contributed by atoms with Gasteiger partial charge in [-0.1, -0.05) is 12.1 Å². The van der Waals surface area contributed by atoms with E-state index in [9.17, 15) is 14.3 Å². The maximum Gasteiger partial charge on any atom is 0.306 e. The van der Waals surface area contributed by atoms with Crippen molar-refractivity contribution in [3.05, 3.63) is 53.9 Å². The van der Waals surface area contributed by atoms with Crippen LogP contribution in [0.4, 0.5) is 4.39 Å². The van der Waals surface area contributed by atoms with Crippen molar-refractivity contribution in [3.8, 4) is 0 Å². The van der Waals surface area contributed by atoms with Gasteiger partial charge in [0.15, 0.2) is 0 Å². The van der Waals surface area contributed by atoms with E-state index in [1.165, 1.54) is 6.07 Å². The predicted octanol–water partition coefficient (Wildman–Crippen LogP) is 1.17. The maximum absolute atomic E-state index is 14.1. The summed E-state index contributed by atoms with van der Waals surface area (Å²) in [5.74, 6) is -1.06. The maximum atomic E-state index is 14.1. The molecular weight excluding hydrogens is 275 g/mol. The summed E-state index contributed by atoms with van der Waals surface area (Å²) in [6.45, 7) is 0.432. The van der Waals surface area contributed by atoms with E-state index in [2.05, 4.69) is 4.98 Å². The second-order valence-electron chi connectivity index (χ2n) is 5.57. The Morgan fingerprint density at radius 2 is 2.40 bits per heavy atom. The van der Waals surface area contributed by atoms with E-state index in [0.29, 0.717) is 28.8 Å². The van der Waals surface area contributed by atoms with E-state index in [-0.39, 0.29) is 11.7 Å². The molecule has 2 aromatic rings. The lowest BCUT2D eigenvalue weighted by Gasteiger charge is -2.09. The van der Waals surface area contributed by atoms with Crippen molar-refractivity contribution >= 4 is 16.2 Å². The molecule has 0 radical (unpaired) electrons. The van der Waals surface area contributed by atoms with Gasteiger partial charge in [0.2, 0.25) is 0 Å². The van der Waals surface area contributed by atoms with Crippen LogP contribution in [0.2, 0.25) is 5.04 Å². The SMILES string of the molecule is O=C(O)[C@@]1([SiH3])C[C@@H]1c1ccc(Cn2ccnc2)c(F)c1. The molecule has 2 atom stereocenters. The number of halogens is 1. The zero-order valence-electron chi connectivity index (χ0n) is 11.1. The fourth-order valence-electron chi connectivity index (χ4n) is 2.57. The van der Waals surface area contributed by atoms with Gasteiger partial charge in [-0.2, -0.15) is 0 Å². The molecule has 1 aliphatic carbocycles. The van der Waals surface area contributed by atoms with Crippen LogP contribution in [-0.4, -0.2) is 30.9 Å². The summed E-state index contributed by atoms with van der Waals surface area (Å²) < 4.78 is 15.9. The molecule has 104 valence electrons. The molecule has 0 amide bonds. The van der Waals surface area contributed by atoms with Gasteiger partial charge in [0.1, 0.15) is 5.82 Å². The van der Waals surface area contributed by atoms with Crippen LogP contribution >= 0.6 is 0 Å². The zero-order valence-corrected chi connectivity index (χ0v) is 13.1. The molecule has 1 saturated carbocycles. The number of nitrogens with zero attached hydrogens (tertiary/aromatic N) is 2. The van der Waals surface area contributed by atoms with Crippen LogP contribution in [0.3, 0.4) is 0 Å². The van der Waals surface area contributed by atoms with Gasteiger partial charge in [0.05, 0.1) is 17.9 Å². The second kappa shape index (κ2) is 4.55. The number of aliphatic carboxylic acids is 1. The minimum absolute atomic E-state index is 0.0246. The van der Waals surface area contributed by atoms with Gasteiger partial charge in [0.25, 0.3) is 0 Å². The minimum atomic E-state index is -0.753. The third-order valence-corrected chi connectivity index (χ3v) is 5.65. The molecule has 4 nitrogen and oxygen atoms in total. The highest BCUT2D eigenvalue weighted by atomic mass is 28.1. The molecule has 1 aliphatic rings. The molecule has 1 N–H and O–H groups in total. The first kappa shape index (κ1) is 13.0. The Kier molecular flexibility index (Phi) is 2.97. The van der Waals surface area contributed by atoms with Crippen molar-refractivity contribution in [2.24, 2.45) is 0 Å². The van der Waals surface area contributed by atoms with E-state index in [1.807, 2.05) is 6.07 Å². The van der Waals surface area contributed by atoms with Crippen LogP contribution in [0.25, 0.3) is 0 Å². The van der Waals surface area contributed by atoms with Gasteiger partial charge < -0.3 is 9.67 Å². The van der Waals surface area contributed by atoms with Crippen molar-refractivity contribution in [2.45, 2.75) is 23.9 Å². The zero-order chi connectivity index (χ0) is 14.3. The molecule has 0 unspecified atom stereocenters. The molecule has 6 heteroatoms. The van der Waals surface area contributed by atoms with Crippen molar-refractivity contribution in [1.82, 2.24) is 9.55 Å². The number of carbonyl (C=O) groups is 1. The summed E-state index contributed by atoms with van der Waals surface area (Å²) in [6.07, 6.45) is 5.71. The average molecular weight is 290 g/mol. The van der Waals surface area contributed by atoms with Gasteiger partial charge >= 0.3 is 5.97 Å². The smallest absolute Gasteiger partial charge is 0.306 e. The van der Waals surface area contributed by atoms with Crippen molar-refractivity contribution < 1.29 is 14.3 Å². The molecule has 1 aromatic heterocycles. The Morgan fingerprint density at radius 1 is 1.60 bits per heavy atom. The van der Waals surface area contributed by atoms with Crippen molar-refractivity contribution in [1.29, 1.82) is 0 Å². The molecular formula is C14H15FN2O2Si. The van der Waals surface area contributed by atoms with E-state index in [1.54, 1.807) is 29.4 Å². The highest BCUT2D eigenvalue weighted by molar-refractivity contribution is 6.30. The quantitative estimate of drug-likeness (QED) is 0.860. The highest BCUT2D eigenvalue weighted by Gasteiger charge is 2.56. The summed E-state index contributed by atoms with van der Waals surface area (Å²) in [5.41, 5.74) is 1.39. The summed E-state index contributed by atoms with van der Waals surface area (Å²) in [5, 5.41) is 8.57. The Bertz CT molecular complexity index is 659. The lowest BCUT2D eigenvalue weighted by Crippen LogP contribution is -2.10. The largest absolute Gasteiger partial charge is 0.481 e. The van der Waals surface area contributed by atoms with Crippen LogP contribution in [0.15, 0.2) is 36.9 Å². The first-order chi connectivity index (χ1) is 9.50. The number of benzene rings is 1. The first-order valence-corrected chi connectivity index (χ1v) is 7.48.